The molecule has 0 bridgehead atoms. The van der Waals surface area contributed by atoms with Crippen LogP contribution in [0.1, 0.15) is 18.4 Å². The Bertz CT molecular complexity index is 375. The zero-order chi connectivity index (χ0) is 12.8. The summed E-state index contributed by atoms with van der Waals surface area (Å²) in [6.45, 7) is 3.04. The zero-order valence-corrected chi connectivity index (χ0v) is 11.1. The van der Waals surface area contributed by atoms with E-state index < -0.39 is 5.24 Å². The number of ether oxygens (including phenoxy) is 1. The Kier molecular flexibility index (Phi) is 5.17. The molecule has 0 N–H and O–H groups in total. The molecule has 0 atom stereocenters. The van der Waals surface area contributed by atoms with Gasteiger partial charge in [-0.25, -0.2) is 0 Å². The molecule has 0 spiro atoms. The van der Waals surface area contributed by atoms with Gasteiger partial charge in [-0.2, -0.15) is 0 Å². The van der Waals surface area contributed by atoms with Crippen LogP contribution in [0.4, 0.5) is 0 Å². The molecule has 1 aliphatic heterocycles. The maximum atomic E-state index is 10.6. The van der Waals surface area contributed by atoms with Crippen molar-refractivity contribution in [2.75, 3.05) is 19.7 Å². The molecule has 0 radical (unpaired) electrons. The number of benzene rings is 1. The van der Waals surface area contributed by atoms with E-state index in [0.29, 0.717) is 0 Å². The van der Waals surface area contributed by atoms with Crippen LogP contribution in [0.3, 0.4) is 0 Å². The van der Waals surface area contributed by atoms with E-state index in [4.69, 9.17) is 16.3 Å². The normalized spacial score (nSPS) is 17.8. The number of hydrogen-bond donors (Lipinski definition) is 0. The molecule has 1 saturated heterocycles. The first-order chi connectivity index (χ1) is 8.74. The minimum Gasteiger partial charge on any atom is -0.369 e. The summed E-state index contributed by atoms with van der Waals surface area (Å²) in [7, 11) is 0. The van der Waals surface area contributed by atoms with Crippen LogP contribution in [-0.4, -0.2) is 35.9 Å². The maximum absolute atomic E-state index is 10.6. The van der Waals surface area contributed by atoms with Crippen LogP contribution < -0.4 is 0 Å². The van der Waals surface area contributed by atoms with E-state index in [2.05, 4.69) is 29.2 Å². The van der Waals surface area contributed by atoms with Crippen molar-refractivity contribution >= 4 is 16.8 Å². The Morgan fingerprint density at radius 2 is 1.94 bits per heavy atom. The van der Waals surface area contributed by atoms with Gasteiger partial charge in [-0.3, -0.25) is 9.69 Å². The summed E-state index contributed by atoms with van der Waals surface area (Å²) in [5.41, 5.74) is 1.34. The molecule has 0 aromatic heterocycles. The third-order valence-corrected chi connectivity index (χ3v) is 3.33. The van der Waals surface area contributed by atoms with Gasteiger partial charge in [0.25, 0.3) is 0 Å². The van der Waals surface area contributed by atoms with E-state index in [1.807, 2.05) is 6.07 Å². The van der Waals surface area contributed by atoms with Crippen LogP contribution in [-0.2, 0) is 16.1 Å². The predicted molar refractivity (Wildman–Crippen MR) is 71.6 cm³/mol. The minimum atomic E-state index is -0.415. The number of carbonyl (C=O) groups excluding carboxylic acids is 1. The predicted octanol–water partition coefficient (Wildman–Crippen LogP) is 2.43. The Labute approximate surface area is 113 Å². The molecule has 0 aliphatic carbocycles. The van der Waals surface area contributed by atoms with Crippen LogP contribution in [0.5, 0.6) is 0 Å². The zero-order valence-electron chi connectivity index (χ0n) is 10.3. The number of nitrogens with zero attached hydrogens (tertiary/aromatic N) is 1. The van der Waals surface area contributed by atoms with Crippen molar-refractivity contribution in [1.29, 1.82) is 0 Å². The van der Waals surface area contributed by atoms with Crippen LogP contribution in [0, 0.1) is 0 Å². The SMILES string of the molecule is O=C(Cl)COC1CCN(Cc2ccccc2)CC1. The summed E-state index contributed by atoms with van der Waals surface area (Å²) in [5, 5.41) is -0.415. The molecule has 4 heteroatoms. The Morgan fingerprint density at radius 1 is 1.28 bits per heavy atom. The molecule has 0 unspecified atom stereocenters. The van der Waals surface area contributed by atoms with Crippen molar-refractivity contribution in [2.45, 2.75) is 25.5 Å². The van der Waals surface area contributed by atoms with Crippen molar-refractivity contribution in [2.24, 2.45) is 0 Å². The summed E-state index contributed by atoms with van der Waals surface area (Å²) >= 11 is 5.26. The molecule has 18 heavy (non-hydrogen) atoms. The first kappa shape index (κ1) is 13.5. The fraction of sp³-hybridized carbons (Fsp3) is 0.500. The standard InChI is InChI=1S/C14H18ClNO2/c15-14(17)11-18-13-6-8-16(9-7-13)10-12-4-2-1-3-5-12/h1-5,13H,6-11H2. The summed E-state index contributed by atoms with van der Waals surface area (Å²) < 4.78 is 5.43. The molecular formula is C14H18ClNO2. The van der Waals surface area contributed by atoms with Gasteiger partial charge in [0.2, 0.25) is 5.24 Å². The number of carbonyl (C=O) groups is 1. The third-order valence-electron chi connectivity index (χ3n) is 3.22. The van der Waals surface area contributed by atoms with E-state index in [9.17, 15) is 4.79 Å². The van der Waals surface area contributed by atoms with Gasteiger partial charge in [-0.05, 0) is 30.0 Å². The molecular weight excluding hydrogens is 250 g/mol. The highest BCUT2D eigenvalue weighted by atomic mass is 35.5. The molecule has 1 aliphatic rings. The lowest BCUT2D eigenvalue weighted by molar-refractivity contribution is -0.118. The largest absolute Gasteiger partial charge is 0.369 e. The average molecular weight is 268 g/mol. The third kappa shape index (κ3) is 4.41. The molecule has 1 fully saturated rings. The molecule has 1 aromatic rings. The number of rotatable bonds is 5. The highest BCUT2D eigenvalue weighted by molar-refractivity contribution is 6.63. The van der Waals surface area contributed by atoms with Crippen LogP contribution in [0.2, 0.25) is 0 Å². The number of piperidine rings is 1. The van der Waals surface area contributed by atoms with Crippen molar-refractivity contribution in [3.8, 4) is 0 Å². The van der Waals surface area contributed by atoms with Gasteiger partial charge in [-0.1, -0.05) is 30.3 Å². The fourth-order valence-electron chi connectivity index (χ4n) is 2.26. The topological polar surface area (TPSA) is 29.5 Å². The smallest absolute Gasteiger partial charge is 0.247 e. The second kappa shape index (κ2) is 6.88. The molecule has 98 valence electrons. The van der Waals surface area contributed by atoms with E-state index in [-0.39, 0.29) is 12.7 Å². The van der Waals surface area contributed by atoms with Gasteiger partial charge in [0.15, 0.2) is 0 Å². The van der Waals surface area contributed by atoms with Gasteiger partial charge in [0.1, 0.15) is 6.61 Å². The lowest BCUT2D eigenvalue weighted by atomic mass is 10.1. The molecule has 1 aromatic carbocycles. The van der Waals surface area contributed by atoms with E-state index in [0.717, 1.165) is 32.5 Å². The lowest BCUT2D eigenvalue weighted by Crippen LogP contribution is -2.37. The summed E-state index contributed by atoms with van der Waals surface area (Å²) in [5.74, 6) is 0. The monoisotopic (exact) mass is 267 g/mol. The van der Waals surface area contributed by atoms with Crippen LogP contribution in [0.25, 0.3) is 0 Å². The second-order valence-corrected chi connectivity index (χ2v) is 5.05. The van der Waals surface area contributed by atoms with Crippen molar-refractivity contribution in [3.63, 3.8) is 0 Å². The molecule has 0 amide bonds. The maximum Gasteiger partial charge on any atom is 0.247 e. The fourth-order valence-corrected chi connectivity index (χ4v) is 2.32. The van der Waals surface area contributed by atoms with Gasteiger partial charge in [0.05, 0.1) is 6.10 Å². The van der Waals surface area contributed by atoms with Crippen LogP contribution in [0.15, 0.2) is 30.3 Å². The van der Waals surface area contributed by atoms with Crippen molar-refractivity contribution < 1.29 is 9.53 Å². The second-order valence-electron chi connectivity index (χ2n) is 4.63. The van der Waals surface area contributed by atoms with E-state index >= 15 is 0 Å². The van der Waals surface area contributed by atoms with E-state index in [1.54, 1.807) is 0 Å². The lowest BCUT2D eigenvalue weighted by Gasteiger charge is -2.31. The first-order valence-corrected chi connectivity index (χ1v) is 6.68. The van der Waals surface area contributed by atoms with Gasteiger partial charge in [0, 0.05) is 19.6 Å². The van der Waals surface area contributed by atoms with Gasteiger partial charge >= 0.3 is 0 Å². The van der Waals surface area contributed by atoms with Gasteiger partial charge < -0.3 is 4.74 Å². The Morgan fingerprint density at radius 3 is 2.56 bits per heavy atom. The molecule has 0 saturated carbocycles. The highest BCUT2D eigenvalue weighted by Gasteiger charge is 2.20. The minimum absolute atomic E-state index is 0.0326. The van der Waals surface area contributed by atoms with Crippen LogP contribution >= 0.6 is 11.6 Å². The highest BCUT2D eigenvalue weighted by Crippen LogP contribution is 2.16. The summed E-state index contributed by atoms with van der Waals surface area (Å²) in [6, 6.07) is 10.5. The summed E-state index contributed by atoms with van der Waals surface area (Å²) in [4.78, 5) is 13.0. The van der Waals surface area contributed by atoms with Gasteiger partial charge in [-0.15, -0.1) is 0 Å². The Balaban J connectivity index is 1.72. The van der Waals surface area contributed by atoms with Crippen molar-refractivity contribution in [1.82, 2.24) is 4.90 Å². The molecule has 1 heterocycles. The quantitative estimate of drug-likeness (QED) is 0.768. The first-order valence-electron chi connectivity index (χ1n) is 6.30. The number of likely N-dealkylation sites (tertiary alicyclic amines) is 1. The number of hydrogen-bond acceptors (Lipinski definition) is 3. The van der Waals surface area contributed by atoms with Crippen molar-refractivity contribution in [3.05, 3.63) is 35.9 Å². The van der Waals surface area contributed by atoms with E-state index in [1.165, 1.54) is 5.56 Å². The number of halogens is 1. The summed E-state index contributed by atoms with van der Waals surface area (Å²) in [6.07, 6.45) is 2.12. The molecule has 3 nitrogen and oxygen atoms in total. The Hall–Kier alpha value is -0.900. The average Bonchev–Trinajstić information content (AvgIpc) is 2.39. The molecule has 2 rings (SSSR count).